The molecule has 0 aromatic heterocycles. The lowest BCUT2D eigenvalue weighted by atomic mass is 10.0. The summed E-state index contributed by atoms with van der Waals surface area (Å²) < 4.78 is 22.8. The summed E-state index contributed by atoms with van der Waals surface area (Å²) in [5.74, 6) is 0.996. The summed E-state index contributed by atoms with van der Waals surface area (Å²) in [5.41, 5.74) is 0. The van der Waals surface area contributed by atoms with E-state index in [4.69, 9.17) is 0 Å². The molecule has 1 fully saturated rings. The summed E-state index contributed by atoms with van der Waals surface area (Å²) in [7, 11) is -2.81. The Morgan fingerprint density at radius 1 is 1.23 bits per heavy atom. The van der Waals surface area contributed by atoms with Gasteiger partial charge in [0.2, 0.25) is 0 Å². The van der Waals surface area contributed by atoms with Crippen molar-refractivity contribution >= 4 is 9.84 Å². The standard InChI is InChI=1S/C9H19NO2S/c1-7(2)9-5-13(11,12)6-10(9)8(3)4/h7-9H,5-6H2,1-4H3/t9-/m1/s1. The van der Waals surface area contributed by atoms with Crippen molar-refractivity contribution in [1.82, 2.24) is 4.90 Å². The second kappa shape index (κ2) is 3.58. The van der Waals surface area contributed by atoms with E-state index in [-0.39, 0.29) is 11.9 Å². The molecular formula is C9H19NO2S. The Hall–Kier alpha value is -0.0900. The van der Waals surface area contributed by atoms with E-state index in [9.17, 15) is 8.42 Å². The van der Waals surface area contributed by atoms with Crippen LogP contribution in [0, 0.1) is 5.92 Å². The molecule has 0 saturated carbocycles. The lowest BCUT2D eigenvalue weighted by Crippen LogP contribution is -2.39. The Morgan fingerprint density at radius 3 is 2.08 bits per heavy atom. The van der Waals surface area contributed by atoms with Gasteiger partial charge in [0.1, 0.15) is 5.88 Å². The topological polar surface area (TPSA) is 37.4 Å². The first-order valence-corrected chi connectivity index (χ1v) is 6.62. The third-order valence-electron chi connectivity index (χ3n) is 2.63. The van der Waals surface area contributed by atoms with Crippen LogP contribution in [0.1, 0.15) is 27.7 Å². The summed E-state index contributed by atoms with van der Waals surface area (Å²) in [6.07, 6.45) is 0. The summed E-state index contributed by atoms with van der Waals surface area (Å²) in [6, 6.07) is 0.537. The van der Waals surface area contributed by atoms with E-state index in [0.717, 1.165) is 0 Å². The predicted molar refractivity (Wildman–Crippen MR) is 54.3 cm³/mol. The van der Waals surface area contributed by atoms with Crippen molar-refractivity contribution in [2.75, 3.05) is 11.6 Å². The number of hydrogen-bond acceptors (Lipinski definition) is 3. The second-order valence-electron chi connectivity index (χ2n) is 4.46. The number of sulfone groups is 1. The lowest BCUT2D eigenvalue weighted by Gasteiger charge is -2.29. The Balaban J connectivity index is 2.84. The average Bonchev–Trinajstić information content (AvgIpc) is 2.26. The van der Waals surface area contributed by atoms with Crippen LogP contribution in [0.25, 0.3) is 0 Å². The van der Waals surface area contributed by atoms with Gasteiger partial charge in [-0.1, -0.05) is 13.8 Å². The van der Waals surface area contributed by atoms with Gasteiger partial charge in [0.15, 0.2) is 9.84 Å². The first-order valence-electron chi connectivity index (χ1n) is 4.79. The van der Waals surface area contributed by atoms with Crippen molar-refractivity contribution in [3.8, 4) is 0 Å². The highest BCUT2D eigenvalue weighted by molar-refractivity contribution is 7.91. The van der Waals surface area contributed by atoms with Crippen LogP contribution < -0.4 is 0 Å². The maximum Gasteiger partial charge on any atom is 0.165 e. The van der Waals surface area contributed by atoms with Gasteiger partial charge in [-0.3, -0.25) is 4.90 Å². The van der Waals surface area contributed by atoms with Crippen molar-refractivity contribution in [2.45, 2.75) is 39.8 Å². The zero-order valence-electron chi connectivity index (χ0n) is 8.82. The van der Waals surface area contributed by atoms with Crippen LogP contribution in [-0.4, -0.2) is 37.0 Å². The van der Waals surface area contributed by atoms with Gasteiger partial charge in [-0.2, -0.15) is 0 Å². The molecule has 1 heterocycles. The SMILES string of the molecule is CC(C)[C@H]1CS(=O)(=O)CN1C(C)C. The highest BCUT2D eigenvalue weighted by atomic mass is 32.2. The Kier molecular flexibility index (Phi) is 3.02. The molecule has 1 atom stereocenters. The van der Waals surface area contributed by atoms with Crippen LogP contribution in [0.15, 0.2) is 0 Å². The molecule has 4 heteroatoms. The van der Waals surface area contributed by atoms with E-state index in [2.05, 4.69) is 32.6 Å². The van der Waals surface area contributed by atoms with Gasteiger partial charge >= 0.3 is 0 Å². The summed E-state index contributed by atoms with van der Waals surface area (Å²) in [4.78, 5) is 2.08. The fourth-order valence-corrected chi connectivity index (χ4v) is 3.98. The van der Waals surface area contributed by atoms with Gasteiger partial charge < -0.3 is 0 Å². The lowest BCUT2D eigenvalue weighted by molar-refractivity contribution is 0.174. The number of rotatable bonds is 2. The molecule has 13 heavy (non-hydrogen) atoms. The highest BCUT2D eigenvalue weighted by Crippen LogP contribution is 2.23. The maximum absolute atomic E-state index is 11.4. The third-order valence-corrected chi connectivity index (χ3v) is 4.17. The van der Waals surface area contributed by atoms with E-state index < -0.39 is 9.84 Å². The molecule has 0 aliphatic carbocycles. The van der Waals surface area contributed by atoms with Crippen LogP contribution in [0.4, 0.5) is 0 Å². The molecule has 0 amide bonds. The molecule has 0 aromatic rings. The average molecular weight is 205 g/mol. The normalized spacial score (nSPS) is 28.9. The molecule has 0 N–H and O–H groups in total. The molecular weight excluding hydrogens is 186 g/mol. The van der Waals surface area contributed by atoms with Gasteiger partial charge in [0, 0.05) is 12.1 Å². The van der Waals surface area contributed by atoms with Crippen molar-refractivity contribution < 1.29 is 8.42 Å². The van der Waals surface area contributed by atoms with Crippen LogP contribution in [-0.2, 0) is 9.84 Å². The Labute approximate surface area is 81.0 Å². The van der Waals surface area contributed by atoms with Crippen molar-refractivity contribution in [1.29, 1.82) is 0 Å². The van der Waals surface area contributed by atoms with Crippen LogP contribution >= 0.6 is 0 Å². The van der Waals surface area contributed by atoms with Gasteiger partial charge in [-0.05, 0) is 19.8 Å². The summed E-state index contributed by atoms with van der Waals surface area (Å²) >= 11 is 0. The van der Waals surface area contributed by atoms with Gasteiger partial charge in [0.05, 0.1) is 5.75 Å². The highest BCUT2D eigenvalue weighted by Gasteiger charge is 2.37. The minimum atomic E-state index is -2.81. The van der Waals surface area contributed by atoms with Crippen molar-refractivity contribution in [3.05, 3.63) is 0 Å². The Morgan fingerprint density at radius 2 is 1.77 bits per heavy atom. The second-order valence-corrected chi connectivity index (χ2v) is 6.54. The molecule has 1 aliphatic rings. The molecule has 78 valence electrons. The minimum Gasteiger partial charge on any atom is -0.283 e. The fourth-order valence-electron chi connectivity index (χ4n) is 1.84. The molecule has 0 bridgehead atoms. The summed E-state index contributed by atoms with van der Waals surface area (Å²) in [6.45, 7) is 8.27. The third kappa shape index (κ3) is 2.44. The van der Waals surface area contributed by atoms with Gasteiger partial charge in [-0.15, -0.1) is 0 Å². The number of nitrogens with zero attached hydrogens (tertiary/aromatic N) is 1. The van der Waals surface area contributed by atoms with Gasteiger partial charge in [-0.25, -0.2) is 8.42 Å². The van der Waals surface area contributed by atoms with E-state index in [1.54, 1.807) is 0 Å². The molecule has 1 aliphatic heterocycles. The van der Waals surface area contributed by atoms with E-state index in [0.29, 0.717) is 17.7 Å². The van der Waals surface area contributed by atoms with E-state index in [1.165, 1.54) is 0 Å². The van der Waals surface area contributed by atoms with E-state index >= 15 is 0 Å². The predicted octanol–water partition coefficient (Wildman–Crippen LogP) is 1.11. The van der Waals surface area contributed by atoms with Gasteiger partial charge in [0.25, 0.3) is 0 Å². The van der Waals surface area contributed by atoms with Crippen LogP contribution in [0.2, 0.25) is 0 Å². The first-order chi connectivity index (χ1) is 5.83. The first kappa shape index (κ1) is 11.0. The number of hydrogen-bond donors (Lipinski definition) is 0. The molecule has 0 aromatic carbocycles. The molecule has 1 rings (SSSR count). The van der Waals surface area contributed by atoms with Crippen LogP contribution in [0.3, 0.4) is 0 Å². The fraction of sp³-hybridized carbons (Fsp3) is 1.00. The van der Waals surface area contributed by atoms with Crippen molar-refractivity contribution in [2.24, 2.45) is 5.92 Å². The van der Waals surface area contributed by atoms with E-state index in [1.807, 2.05) is 0 Å². The molecule has 0 unspecified atom stereocenters. The van der Waals surface area contributed by atoms with Crippen LogP contribution in [0.5, 0.6) is 0 Å². The molecule has 0 spiro atoms. The smallest absolute Gasteiger partial charge is 0.165 e. The zero-order chi connectivity index (χ0) is 10.2. The molecule has 3 nitrogen and oxygen atoms in total. The molecule has 0 radical (unpaired) electrons. The maximum atomic E-state index is 11.4. The monoisotopic (exact) mass is 205 g/mol. The zero-order valence-corrected chi connectivity index (χ0v) is 9.63. The molecule has 1 saturated heterocycles. The van der Waals surface area contributed by atoms with Crippen molar-refractivity contribution in [3.63, 3.8) is 0 Å². The summed E-state index contributed by atoms with van der Waals surface area (Å²) in [5, 5.41) is 0. The largest absolute Gasteiger partial charge is 0.283 e. The quantitative estimate of drug-likeness (QED) is 0.677. The minimum absolute atomic E-state index is 0.213. The Bertz CT molecular complexity index is 247.